The number of amides is 1. The van der Waals surface area contributed by atoms with Gasteiger partial charge in [0.15, 0.2) is 0 Å². The topological polar surface area (TPSA) is 126 Å². The fourth-order valence-electron chi connectivity index (χ4n) is 3.07. The smallest absolute Gasteiger partial charge is 0.352 e. The normalized spacial score (nSPS) is 15.6. The van der Waals surface area contributed by atoms with Crippen LogP contribution >= 0.6 is 11.6 Å². The van der Waals surface area contributed by atoms with Gasteiger partial charge in [0.1, 0.15) is 6.20 Å². The quantitative estimate of drug-likeness (QED) is 0.621. The van der Waals surface area contributed by atoms with Crippen LogP contribution in [0.3, 0.4) is 0 Å². The number of benzene rings is 1. The number of carbonyl (C=O) groups is 1. The van der Waals surface area contributed by atoms with E-state index in [-0.39, 0.29) is 29.4 Å². The second-order valence-corrected chi connectivity index (χ2v) is 8.41. The number of halogens is 1. The summed E-state index contributed by atoms with van der Waals surface area (Å²) in [6.45, 7) is 2.85. The molecule has 1 amide bonds. The number of aromatic nitrogens is 3. The van der Waals surface area contributed by atoms with E-state index < -0.39 is 28.4 Å². The SMILES string of the molecule is CC(C)(O)Cn1c(=O)cnn(-c2ccc(Cl)c(C(=O)NCC3(O)CCC3)c2)c1=O. The molecule has 1 fully saturated rings. The number of hydrogen-bond acceptors (Lipinski definition) is 6. The zero-order chi connectivity index (χ0) is 21.4. The second-order valence-electron chi connectivity index (χ2n) is 8.00. The van der Waals surface area contributed by atoms with E-state index in [1.807, 2.05) is 0 Å². The van der Waals surface area contributed by atoms with Crippen molar-refractivity contribution in [1.29, 1.82) is 0 Å². The third kappa shape index (κ3) is 4.75. The van der Waals surface area contributed by atoms with E-state index >= 15 is 0 Å². The first kappa shape index (κ1) is 21.2. The highest BCUT2D eigenvalue weighted by Gasteiger charge is 2.34. The summed E-state index contributed by atoms with van der Waals surface area (Å²) in [5.41, 5.74) is -3.22. The maximum atomic E-state index is 12.7. The highest BCUT2D eigenvalue weighted by Crippen LogP contribution is 2.30. The molecule has 10 heteroatoms. The number of carbonyl (C=O) groups excluding carboxylic acids is 1. The lowest BCUT2D eigenvalue weighted by atomic mass is 9.80. The minimum absolute atomic E-state index is 0.112. The molecule has 0 aliphatic heterocycles. The van der Waals surface area contributed by atoms with Gasteiger partial charge >= 0.3 is 5.69 Å². The number of nitrogens with one attached hydrogen (secondary N) is 1. The van der Waals surface area contributed by atoms with Crippen LogP contribution in [0.25, 0.3) is 5.69 Å². The van der Waals surface area contributed by atoms with Crippen LogP contribution in [0, 0.1) is 0 Å². The summed E-state index contributed by atoms with van der Waals surface area (Å²) in [6, 6.07) is 4.32. The molecule has 0 saturated heterocycles. The summed E-state index contributed by atoms with van der Waals surface area (Å²) in [6.07, 6.45) is 3.14. The Hall–Kier alpha value is -2.49. The standard InChI is InChI=1S/C19H23ClN4O5/c1-18(2,28)11-23-15(25)9-22-24(17(23)27)12-4-5-14(20)13(8-12)16(26)21-10-19(29)6-3-7-19/h4-5,8-9,28-29H,3,6-7,10-11H2,1-2H3,(H,21,26). The predicted molar refractivity (Wildman–Crippen MR) is 107 cm³/mol. The van der Waals surface area contributed by atoms with Gasteiger partial charge in [-0.25, -0.2) is 4.79 Å². The fourth-order valence-corrected chi connectivity index (χ4v) is 3.27. The lowest BCUT2D eigenvalue weighted by molar-refractivity contribution is -0.0300. The molecule has 1 aromatic carbocycles. The molecule has 9 nitrogen and oxygen atoms in total. The maximum Gasteiger partial charge on any atom is 0.352 e. The molecule has 3 rings (SSSR count). The van der Waals surface area contributed by atoms with E-state index in [4.69, 9.17) is 11.6 Å². The van der Waals surface area contributed by atoms with Crippen LogP contribution in [0.5, 0.6) is 0 Å². The number of aliphatic hydroxyl groups is 2. The first-order chi connectivity index (χ1) is 13.5. The van der Waals surface area contributed by atoms with Crippen molar-refractivity contribution in [2.24, 2.45) is 0 Å². The van der Waals surface area contributed by atoms with E-state index in [1.165, 1.54) is 32.0 Å². The van der Waals surface area contributed by atoms with Crippen molar-refractivity contribution in [2.45, 2.75) is 50.9 Å². The molecule has 1 aliphatic carbocycles. The highest BCUT2D eigenvalue weighted by molar-refractivity contribution is 6.33. The molecule has 0 radical (unpaired) electrons. The molecule has 1 saturated carbocycles. The summed E-state index contributed by atoms with van der Waals surface area (Å²) in [5.74, 6) is -0.491. The van der Waals surface area contributed by atoms with Gasteiger partial charge in [-0.3, -0.25) is 14.2 Å². The zero-order valence-corrected chi connectivity index (χ0v) is 16.9. The van der Waals surface area contributed by atoms with E-state index in [9.17, 15) is 24.6 Å². The van der Waals surface area contributed by atoms with Gasteiger partial charge in [0.2, 0.25) is 0 Å². The van der Waals surface area contributed by atoms with E-state index in [0.29, 0.717) is 12.8 Å². The zero-order valence-electron chi connectivity index (χ0n) is 16.2. The minimum atomic E-state index is -1.28. The molecule has 0 spiro atoms. The van der Waals surface area contributed by atoms with Crippen molar-refractivity contribution in [2.75, 3.05) is 6.54 Å². The Bertz CT molecular complexity index is 1050. The largest absolute Gasteiger partial charge is 0.389 e. The lowest BCUT2D eigenvalue weighted by Gasteiger charge is -2.36. The van der Waals surface area contributed by atoms with E-state index in [1.54, 1.807) is 0 Å². The first-order valence-corrected chi connectivity index (χ1v) is 9.59. The Morgan fingerprint density at radius 3 is 2.62 bits per heavy atom. The van der Waals surface area contributed by atoms with Gasteiger partial charge in [-0.1, -0.05) is 11.6 Å². The van der Waals surface area contributed by atoms with Crippen LogP contribution in [-0.4, -0.2) is 48.2 Å². The van der Waals surface area contributed by atoms with Gasteiger partial charge in [-0.15, -0.1) is 0 Å². The van der Waals surface area contributed by atoms with Crippen molar-refractivity contribution < 1.29 is 15.0 Å². The number of rotatable bonds is 6. The molecule has 0 bridgehead atoms. The fraction of sp³-hybridized carbons (Fsp3) is 0.474. The van der Waals surface area contributed by atoms with Crippen LogP contribution in [0.2, 0.25) is 5.02 Å². The molecular formula is C19H23ClN4O5. The number of hydrogen-bond donors (Lipinski definition) is 3. The van der Waals surface area contributed by atoms with E-state index in [2.05, 4.69) is 10.4 Å². The molecule has 2 aromatic rings. The minimum Gasteiger partial charge on any atom is -0.389 e. The van der Waals surface area contributed by atoms with Crippen LogP contribution in [-0.2, 0) is 6.54 Å². The third-order valence-electron chi connectivity index (χ3n) is 4.81. The van der Waals surface area contributed by atoms with Gasteiger partial charge in [0, 0.05) is 6.54 Å². The molecule has 0 atom stereocenters. The molecule has 1 heterocycles. The highest BCUT2D eigenvalue weighted by atomic mass is 35.5. The average molecular weight is 423 g/mol. The Labute approximate surface area is 171 Å². The van der Waals surface area contributed by atoms with Gasteiger partial charge in [0.25, 0.3) is 11.5 Å². The first-order valence-electron chi connectivity index (χ1n) is 9.21. The van der Waals surface area contributed by atoms with Crippen molar-refractivity contribution in [1.82, 2.24) is 19.7 Å². The summed E-state index contributed by atoms with van der Waals surface area (Å²) in [4.78, 5) is 37.3. The number of nitrogens with zero attached hydrogens (tertiary/aromatic N) is 3. The van der Waals surface area contributed by atoms with Crippen molar-refractivity contribution in [3.8, 4) is 5.69 Å². The van der Waals surface area contributed by atoms with Gasteiger partial charge in [-0.2, -0.15) is 9.78 Å². The molecule has 1 aliphatic rings. The van der Waals surface area contributed by atoms with E-state index in [0.717, 1.165) is 21.9 Å². The summed E-state index contributed by atoms with van der Waals surface area (Å²) in [7, 11) is 0. The monoisotopic (exact) mass is 422 g/mol. The van der Waals surface area contributed by atoms with Crippen LogP contribution in [0.4, 0.5) is 0 Å². The molecule has 156 valence electrons. The second kappa shape index (κ2) is 7.74. The van der Waals surface area contributed by atoms with Crippen molar-refractivity contribution in [3.63, 3.8) is 0 Å². The van der Waals surface area contributed by atoms with Crippen LogP contribution in [0.1, 0.15) is 43.5 Å². The Kier molecular flexibility index (Phi) is 5.66. The van der Waals surface area contributed by atoms with Crippen LogP contribution < -0.4 is 16.6 Å². The van der Waals surface area contributed by atoms with Gasteiger partial charge in [-0.05, 0) is 51.3 Å². The van der Waals surface area contributed by atoms with Gasteiger partial charge in [0.05, 0.1) is 34.0 Å². The Morgan fingerprint density at radius 1 is 1.34 bits per heavy atom. The third-order valence-corrected chi connectivity index (χ3v) is 5.14. The maximum absolute atomic E-state index is 12.7. The van der Waals surface area contributed by atoms with Crippen molar-refractivity contribution >= 4 is 17.5 Å². The molecule has 1 aromatic heterocycles. The molecule has 29 heavy (non-hydrogen) atoms. The molecular weight excluding hydrogens is 400 g/mol. The summed E-state index contributed by atoms with van der Waals surface area (Å²) in [5, 5.41) is 26.8. The lowest BCUT2D eigenvalue weighted by Crippen LogP contribution is -2.47. The Morgan fingerprint density at radius 2 is 2.03 bits per heavy atom. The van der Waals surface area contributed by atoms with Gasteiger partial charge < -0.3 is 15.5 Å². The van der Waals surface area contributed by atoms with Crippen LogP contribution in [0.15, 0.2) is 34.0 Å². The van der Waals surface area contributed by atoms with Crippen molar-refractivity contribution in [3.05, 3.63) is 55.8 Å². The molecule has 3 N–H and O–H groups in total. The average Bonchev–Trinajstić information content (AvgIpc) is 2.61. The molecule has 0 unspecified atom stereocenters. The summed E-state index contributed by atoms with van der Waals surface area (Å²) < 4.78 is 1.83. The predicted octanol–water partition coefficient (Wildman–Crippen LogP) is 0.463. The Balaban J connectivity index is 1.93. The summed E-state index contributed by atoms with van der Waals surface area (Å²) >= 11 is 6.14.